The van der Waals surface area contributed by atoms with Gasteiger partial charge in [0.2, 0.25) is 5.84 Å². The first-order valence-electron chi connectivity index (χ1n) is 10.0. The summed E-state index contributed by atoms with van der Waals surface area (Å²) in [7, 11) is -2.80. The van der Waals surface area contributed by atoms with Crippen molar-refractivity contribution in [2.45, 2.75) is 51.0 Å². The number of carbonyl (C=O) groups is 2. The number of hydrogen-bond acceptors (Lipinski definition) is 8. The lowest BCUT2D eigenvalue weighted by Crippen LogP contribution is -2.40. The first-order chi connectivity index (χ1) is 15.0. The highest BCUT2D eigenvalue weighted by Gasteiger charge is 2.34. The monoisotopic (exact) mass is 464 g/mol. The lowest BCUT2D eigenvalue weighted by Gasteiger charge is -2.24. The van der Waals surface area contributed by atoms with Crippen LogP contribution < -0.4 is 4.74 Å². The Labute approximate surface area is 188 Å². The Bertz CT molecular complexity index is 1030. The van der Waals surface area contributed by atoms with E-state index in [0.717, 1.165) is 18.8 Å². The van der Waals surface area contributed by atoms with Crippen LogP contribution in [0, 0.1) is 0 Å². The van der Waals surface area contributed by atoms with Crippen molar-refractivity contribution in [3.63, 3.8) is 0 Å². The van der Waals surface area contributed by atoms with Gasteiger partial charge in [0.1, 0.15) is 11.4 Å². The molecule has 0 saturated heterocycles. The van der Waals surface area contributed by atoms with Gasteiger partial charge in [-0.2, -0.15) is 0 Å². The van der Waals surface area contributed by atoms with Crippen LogP contribution >= 0.6 is 0 Å². The molecular weight excluding hydrogens is 436 g/mol. The quantitative estimate of drug-likeness (QED) is 0.429. The van der Waals surface area contributed by atoms with Crippen LogP contribution in [0.2, 0.25) is 0 Å². The van der Waals surface area contributed by atoms with Crippen LogP contribution in [-0.2, 0) is 29.1 Å². The van der Waals surface area contributed by atoms with Gasteiger partial charge in [0, 0.05) is 12.4 Å². The summed E-state index contributed by atoms with van der Waals surface area (Å²) in [6.07, 6.45) is 4.94. The van der Waals surface area contributed by atoms with Crippen molar-refractivity contribution in [2.24, 2.45) is 4.99 Å². The molecule has 1 aliphatic rings. The zero-order chi connectivity index (χ0) is 23.9. The number of esters is 2. The third-order valence-corrected chi connectivity index (χ3v) is 5.77. The lowest BCUT2D eigenvalue weighted by atomic mass is 10.2. The molecule has 0 fully saturated rings. The summed E-state index contributed by atoms with van der Waals surface area (Å²) in [5, 5.41) is 0. The van der Waals surface area contributed by atoms with E-state index < -0.39 is 33.4 Å². The van der Waals surface area contributed by atoms with Crippen LogP contribution in [-0.4, -0.2) is 49.8 Å². The molecule has 0 unspecified atom stereocenters. The normalized spacial score (nSPS) is 14.2. The number of aliphatic imine (C=N–C) groups is 1. The molecule has 1 heterocycles. The first-order valence-corrected chi connectivity index (χ1v) is 11.5. The Morgan fingerprint density at radius 3 is 2.31 bits per heavy atom. The van der Waals surface area contributed by atoms with E-state index in [4.69, 9.17) is 14.2 Å². The topological polar surface area (TPSA) is 112 Å². The fourth-order valence-electron chi connectivity index (χ4n) is 2.48. The molecule has 0 amide bonds. The summed E-state index contributed by atoms with van der Waals surface area (Å²) in [5.74, 6) is -1.68. The molecule has 0 spiro atoms. The van der Waals surface area contributed by atoms with E-state index in [1.165, 1.54) is 37.5 Å². The fourth-order valence-corrected chi connectivity index (χ4v) is 3.76. The average molecular weight is 465 g/mol. The molecule has 2 rings (SSSR count). The minimum atomic E-state index is -4.26. The summed E-state index contributed by atoms with van der Waals surface area (Å²) in [6, 6.07) is 5.64. The van der Waals surface area contributed by atoms with Crippen molar-refractivity contribution in [3.05, 3.63) is 48.3 Å². The number of carbonyl (C=O) groups excluding carboxylic acids is 2. The van der Waals surface area contributed by atoms with Gasteiger partial charge in [0.05, 0.1) is 24.2 Å². The highest BCUT2D eigenvalue weighted by molar-refractivity contribution is 7.89. The van der Waals surface area contributed by atoms with Crippen molar-refractivity contribution in [3.8, 4) is 5.75 Å². The van der Waals surface area contributed by atoms with E-state index >= 15 is 0 Å². The molecule has 1 aliphatic heterocycles. The molecule has 1 aromatic carbocycles. The zero-order valence-corrected chi connectivity index (χ0v) is 19.6. The summed E-state index contributed by atoms with van der Waals surface area (Å²) in [6.45, 7) is 7.11. The second-order valence-electron chi connectivity index (χ2n) is 7.82. The van der Waals surface area contributed by atoms with Crippen molar-refractivity contribution in [2.75, 3.05) is 13.7 Å². The van der Waals surface area contributed by atoms with Gasteiger partial charge in [0.25, 0.3) is 10.0 Å². The van der Waals surface area contributed by atoms with Crippen LogP contribution in [0.25, 0.3) is 0 Å². The van der Waals surface area contributed by atoms with Crippen LogP contribution in [0.4, 0.5) is 0 Å². The molecule has 0 saturated carbocycles. The second kappa shape index (κ2) is 10.4. The Morgan fingerprint density at radius 1 is 1.09 bits per heavy atom. The van der Waals surface area contributed by atoms with E-state index in [1.807, 2.05) is 6.92 Å². The third-order valence-electron chi connectivity index (χ3n) is 4.09. The molecular formula is C22H28N2O7S. The van der Waals surface area contributed by atoms with Crippen molar-refractivity contribution in [1.82, 2.24) is 4.31 Å². The maximum Gasteiger partial charge on any atom is 0.376 e. The van der Waals surface area contributed by atoms with Crippen molar-refractivity contribution >= 4 is 27.8 Å². The number of nitrogens with zero attached hydrogens (tertiary/aromatic N) is 2. The smallest absolute Gasteiger partial charge is 0.376 e. The predicted octanol–water partition coefficient (Wildman–Crippen LogP) is 3.18. The third kappa shape index (κ3) is 6.43. The number of hydrogen-bond donors (Lipinski definition) is 0. The highest BCUT2D eigenvalue weighted by atomic mass is 32.2. The SMILES string of the molecule is CCCCOC(=O)C1=CN=C(C(=O)OC(C)(C)C)N(S(=O)(=O)c2ccc(OC)cc2)C=C1. The molecule has 0 N–H and O–H groups in total. The summed E-state index contributed by atoms with van der Waals surface area (Å²) in [4.78, 5) is 29.0. The maximum atomic E-state index is 13.3. The number of amidine groups is 1. The van der Waals surface area contributed by atoms with Gasteiger partial charge in [-0.25, -0.2) is 27.3 Å². The minimum absolute atomic E-state index is 0.00501. The number of rotatable bonds is 8. The van der Waals surface area contributed by atoms with E-state index in [0.29, 0.717) is 16.5 Å². The van der Waals surface area contributed by atoms with Gasteiger partial charge in [-0.3, -0.25) is 0 Å². The number of sulfonamides is 1. The van der Waals surface area contributed by atoms with E-state index in [-0.39, 0.29) is 17.1 Å². The van der Waals surface area contributed by atoms with Crippen molar-refractivity contribution in [1.29, 1.82) is 0 Å². The average Bonchev–Trinajstić information content (AvgIpc) is 2.96. The van der Waals surface area contributed by atoms with Crippen LogP contribution in [0.3, 0.4) is 0 Å². The summed E-state index contributed by atoms with van der Waals surface area (Å²) >= 11 is 0. The summed E-state index contributed by atoms with van der Waals surface area (Å²) < 4.78 is 42.9. The molecule has 174 valence electrons. The standard InChI is InChI=1S/C22H28N2O7S/c1-6-7-14-30-20(25)16-12-13-24(19(23-15-16)21(26)31-22(2,3)4)32(27,28)18-10-8-17(29-5)9-11-18/h8-13,15H,6-7,14H2,1-5H3. The predicted molar refractivity (Wildman–Crippen MR) is 118 cm³/mol. The van der Waals surface area contributed by atoms with Gasteiger partial charge >= 0.3 is 11.9 Å². The molecule has 0 bridgehead atoms. The molecule has 0 radical (unpaired) electrons. The molecule has 0 aliphatic carbocycles. The maximum absolute atomic E-state index is 13.3. The number of methoxy groups -OCH3 is 1. The zero-order valence-electron chi connectivity index (χ0n) is 18.8. The van der Waals surface area contributed by atoms with Crippen LogP contribution in [0.5, 0.6) is 5.75 Å². The molecule has 32 heavy (non-hydrogen) atoms. The van der Waals surface area contributed by atoms with Gasteiger partial charge in [0.15, 0.2) is 0 Å². The van der Waals surface area contributed by atoms with E-state index in [1.54, 1.807) is 20.8 Å². The molecule has 0 aromatic heterocycles. The first kappa shape index (κ1) is 25.1. The van der Waals surface area contributed by atoms with Gasteiger partial charge < -0.3 is 14.2 Å². The molecule has 0 atom stereocenters. The Kier molecular flexibility index (Phi) is 8.20. The van der Waals surface area contributed by atoms with E-state index in [2.05, 4.69) is 4.99 Å². The van der Waals surface area contributed by atoms with E-state index in [9.17, 15) is 18.0 Å². The Balaban J connectivity index is 2.47. The number of ether oxygens (including phenoxy) is 3. The highest BCUT2D eigenvalue weighted by Crippen LogP contribution is 2.23. The molecule has 9 nitrogen and oxygen atoms in total. The van der Waals surface area contributed by atoms with Crippen molar-refractivity contribution < 1.29 is 32.2 Å². The van der Waals surface area contributed by atoms with Gasteiger partial charge in [-0.05, 0) is 57.5 Å². The summed E-state index contributed by atoms with van der Waals surface area (Å²) in [5.41, 5.74) is -0.897. The number of benzene rings is 1. The number of unbranched alkanes of at least 4 members (excludes halogenated alkanes) is 1. The fraction of sp³-hybridized carbons (Fsp3) is 0.409. The lowest BCUT2D eigenvalue weighted by molar-refractivity contribution is -0.146. The largest absolute Gasteiger partial charge is 0.497 e. The van der Waals surface area contributed by atoms with Crippen LogP contribution in [0.1, 0.15) is 40.5 Å². The Hall–Kier alpha value is -3.14. The van der Waals surface area contributed by atoms with Gasteiger partial charge in [-0.1, -0.05) is 13.3 Å². The molecule has 1 aromatic rings. The van der Waals surface area contributed by atoms with Crippen LogP contribution in [0.15, 0.2) is 58.2 Å². The van der Waals surface area contributed by atoms with Gasteiger partial charge in [-0.15, -0.1) is 0 Å². The minimum Gasteiger partial charge on any atom is -0.497 e. The Morgan fingerprint density at radius 2 is 1.75 bits per heavy atom. The molecule has 10 heteroatoms. The second-order valence-corrected chi connectivity index (χ2v) is 9.64.